The van der Waals surface area contributed by atoms with Crippen molar-refractivity contribution in [2.75, 3.05) is 13.2 Å². The van der Waals surface area contributed by atoms with Crippen LogP contribution in [0.2, 0.25) is 0 Å². The molecular weight excluding hydrogens is 228 g/mol. The van der Waals surface area contributed by atoms with Gasteiger partial charge in [-0.1, -0.05) is 30.4 Å². The van der Waals surface area contributed by atoms with E-state index in [1.807, 2.05) is 38.1 Å². The number of aliphatic hydroxyl groups excluding tert-OH is 1. The molecule has 1 aromatic carbocycles. The van der Waals surface area contributed by atoms with Crippen LogP contribution in [0.15, 0.2) is 48.8 Å². The van der Waals surface area contributed by atoms with Gasteiger partial charge in [0.2, 0.25) is 0 Å². The maximum Gasteiger partial charge on any atom is 0.122 e. The van der Waals surface area contributed by atoms with Gasteiger partial charge in [0, 0.05) is 0 Å². The van der Waals surface area contributed by atoms with E-state index in [-0.39, 0.29) is 13.2 Å². The van der Waals surface area contributed by atoms with Gasteiger partial charge in [0.1, 0.15) is 25.1 Å². The summed E-state index contributed by atoms with van der Waals surface area (Å²) in [4.78, 5) is 0. The Kier molecular flexibility index (Phi) is 6.01. The van der Waals surface area contributed by atoms with Crippen molar-refractivity contribution in [2.24, 2.45) is 0 Å². The monoisotopic (exact) mass is 248 g/mol. The summed E-state index contributed by atoms with van der Waals surface area (Å²) in [6.07, 6.45) is 2.73. The van der Waals surface area contributed by atoms with Crippen LogP contribution in [0.4, 0.5) is 0 Å². The molecule has 0 saturated heterocycles. The minimum absolute atomic E-state index is 0.210. The number of aliphatic hydroxyl groups is 1. The van der Waals surface area contributed by atoms with E-state index in [1.54, 1.807) is 12.2 Å². The van der Waals surface area contributed by atoms with Gasteiger partial charge in [-0.05, 0) is 32.1 Å². The molecule has 1 N–H and O–H groups in total. The highest BCUT2D eigenvalue weighted by atomic mass is 16.5. The fourth-order valence-corrected chi connectivity index (χ4v) is 1.32. The van der Waals surface area contributed by atoms with Crippen LogP contribution in [0.25, 0.3) is 0 Å². The Hall–Kier alpha value is -1.74. The minimum atomic E-state index is -0.653. The van der Waals surface area contributed by atoms with Gasteiger partial charge in [0.05, 0.1) is 5.76 Å². The third-order valence-electron chi connectivity index (χ3n) is 2.32. The minimum Gasteiger partial charge on any atom is -0.495 e. The van der Waals surface area contributed by atoms with Gasteiger partial charge in [-0.2, -0.15) is 0 Å². The molecule has 1 aromatic rings. The Labute approximate surface area is 108 Å². The summed E-state index contributed by atoms with van der Waals surface area (Å²) in [5.74, 6) is 1.47. The molecule has 0 bridgehead atoms. The molecule has 0 amide bonds. The number of ether oxygens (including phenoxy) is 2. The Morgan fingerprint density at radius 1 is 1.33 bits per heavy atom. The summed E-state index contributed by atoms with van der Waals surface area (Å²) in [7, 11) is 0. The standard InChI is InChI=1S/C15H20O3/c1-4-5-13(3)17-10-14(16)11-18-15-8-6-12(2)7-9-15/h4-9,14,16H,1,10-11H2,2-3H3/b13-5+. The smallest absolute Gasteiger partial charge is 0.122 e. The van der Waals surface area contributed by atoms with Crippen molar-refractivity contribution in [3.05, 3.63) is 54.3 Å². The second-order valence-electron chi connectivity index (χ2n) is 4.10. The average Bonchev–Trinajstić information content (AvgIpc) is 2.36. The number of rotatable bonds is 7. The second-order valence-corrected chi connectivity index (χ2v) is 4.10. The predicted molar refractivity (Wildman–Crippen MR) is 72.6 cm³/mol. The SMILES string of the molecule is C=C/C=C(\C)OCC(O)COc1ccc(C)cc1. The summed E-state index contributed by atoms with van der Waals surface area (Å²) >= 11 is 0. The topological polar surface area (TPSA) is 38.7 Å². The van der Waals surface area contributed by atoms with Crippen molar-refractivity contribution in [1.82, 2.24) is 0 Å². The predicted octanol–water partition coefficient (Wildman–Crippen LogP) is 2.84. The van der Waals surface area contributed by atoms with E-state index in [1.165, 1.54) is 5.56 Å². The van der Waals surface area contributed by atoms with Gasteiger partial charge in [-0.25, -0.2) is 0 Å². The van der Waals surface area contributed by atoms with Crippen LogP contribution in [-0.4, -0.2) is 24.4 Å². The second kappa shape index (κ2) is 7.56. The van der Waals surface area contributed by atoms with E-state index in [9.17, 15) is 5.11 Å². The van der Waals surface area contributed by atoms with Crippen molar-refractivity contribution >= 4 is 0 Å². The molecule has 0 fully saturated rings. The van der Waals surface area contributed by atoms with Crippen molar-refractivity contribution in [2.45, 2.75) is 20.0 Å². The fourth-order valence-electron chi connectivity index (χ4n) is 1.32. The summed E-state index contributed by atoms with van der Waals surface area (Å²) in [6, 6.07) is 7.70. The molecule has 0 aliphatic carbocycles. The molecule has 0 heterocycles. The first kappa shape index (κ1) is 14.3. The number of hydrogen-bond donors (Lipinski definition) is 1. The Bertz CT molecular complexity index is 393. The quantitative estimate of drug-likeness (QED) is 0.595. The highest BCUT2D eigenvalue weighted by Crippen LogP contribution is 2.11. The Morgan fingerprint density at radius 3 is 2.61 bits per heavy atom. The zero-order chi connectivity index (χ0) is 13.4. The van der Waals surface area contributed by atoms with Crippen molar-refractivity contribution < 1.29 is 14.6 Å². The highest BCUT2D eigenvalue weighted by Gasteiger charge is 2.06. The van der Waals surface area contributed by atoms with Crippen molar-refractivity contribution in [3.63, 3.8) is 0 Å². The van der Waals surface area contributed by atoms with Crippen molar-refractivity contribution in [3.8, 4) is 5.75 Å². The number of aryl methyl sites for hydroxylation is 1. The van der Waals surface area contributed by atoms with Crippen LogP contribution in [0.5, 0.6) is 5.75 Å². The average molecular weight is 248 g/mol. The van der Waals surface area contributed by atoms with Crippen molar-refractivity contribution in [1.29, 1.82) is 0 Å². The molecule has 0 spiro atoms. The fraction of sp³-hybridized carbons (Fsp3) is 0.333. The lowest BCUT2D eigenvalue weighted by atomic mass is 10.2. The first-order valence-corrected chi connectivity index (χ1v) is 5.91. The summed E-state index contributed by atoms with van der Waals surface area (Å²) in [5, 5.41) is 9.68. The van der Waals surface area contributed by atoms with Gasteiger partial charge >= 0.3 is 0 Å². The molecule has 1 unspecified atom stereocenters. The van der Waals surface area contributed by atoms with Gasteiger partial charge < -0.3 is 14.6 Å². The number of benzene rings is 1. The first-order chi connectivity index (χ1) is 8.61. The third kappa shape index (κ3) is 5.55. The largest absolute Gasteiger partial charge is 0.495 e. The van der Waals surface area contributed by atoms with E-state index >= 15 is 0 Å². The van der Waals surface area contributed by atoms with E-state index < -0.39 is 6.10 Å². The Balaban J connectivity index is 2.28. The zero-order valence-electron chi connectivity index (χ0n) is 10.9. The molecule has 3 heteroatoms. The molecule has 0 saturated carbocycles. The molecular formula is C15H20O3. The molecule has 0 aliphatic heterocycles. The molecule has 1 rings (SSSR count). The zero-order valence-corrected chi connectivity index (χ0v) is 10.9. The van der Waals surface area contributed by atoms with E-state index in [0.717, 1.165) is 11.5 Å². The van der Waals surface area contributed by atoms with Gasteiger partial charge in [0.25, 0.3) is 0 Å². The van der Waals surface area contributed by atoms with Gasteiger partial charge in [0.15, 0.2) is 0 Å². The first-order valence-electron chi connectivity index (χ1n) is 5.91. The van der Waals surface area contributed by atoms with Gasteiger partial charge in [-0.3, -0.25) is 0 Å². The molecule has 0 aliphatic rings. The van der Waals surface area contributed by atoms with E-state index in [4.69, 9.17) is 9.47 Å². The summed E-state index contributed by atoms with van der Waals surface area (Å²) in [6.45, 7) is 7.82. The highest BCUT2D eigenvalue weighted by molar-refractivity contribution is 5.26. The van der Waals surface area contributed by atoms with Crippen LogP contribution in [0.1, 0.15) is 12.5 Å². The molecule has 1 atom stereocenters. The summed E-state index contributed by atoms with van der Waals surface area (Å²) < 4.78 is 10.8. The van der Waals surface area contributed by atoms with Crippen LogP contribution in [-0.2, 0) is 4.74 Å². The molecule has 98 valence electrons. The lowest BCUT2D eigenvalue weighted by Gasteiger charge is -2.13. The molecule has 0 aromatic heterocycles. The maximum atomic E-state index is 9.68. The van der Waals surface area contributed by atoms with Gasteiger partial charge in [-0.15, -0.1) is 0 Å². The molecule has 0 radical (unpaired) electrons. The van der Waals surface area contributed by atoms with Crippen LogP contribution in [0.3, 0.4) is 0 Å². The lowest BCUT2D eigenvalue weighted by Crippen LogP contribution is -2.23. The van der Waals surface area contributed by atoms with Crippen LogP contribution < -0.4 is 4.74 Å². The normalized spacial score (nSPS) is 12.9. The van der Waals surface area contributed by atoms with Crippen LogP contribution in [0, 0.1) is 6.92 Å². The molecule has 18 heavy (non-hydrogen) atoms. The van der Waals surface area contributed by atoms with E-state index in [2.05, 4.69) is 6.58 Å². The molecule has 3 nitrogen and oxygen atoms in total. The third-order valence-corrected chi connectivity index (χ3v) is 2.32. The van der Waals surface area contributed by atoms with Crippen LogP contribution >= 0.6 is 0 Å². The summed E-state index contributed by atoms with van der Waals surface area (Å²) in [5.41, 5.74) is 1.18. The number of hydrogen-bond acceptors (Lipinski definition) is 3. The lowest BCUT2D eigenvalue weighted by molar-refractivity contribution is 0.0381. The Morgan fingerprint density at radius 2 is 2.00 bits per heavy atom. The number of allylic oxidation sites excluding steroid dienone is 3. The maximum absolute atomic E-state index is 9.68. The van der Waals surface area contributed by atoms with E-state index in [0.29, 0.717) is 0 Å².